The van der Waals surface area contributed by atoms with E-state index in [0.29, 0.717) is 11.2 Å². The largest absolute Gasteiger partial charge is 0.480 e. The highest BCUT2D eigenvalue weighted by molar-refractivity contribution is 5.98. The van der Waals surface area contributed by atoms with Crippen LogP contribution in [0, 0.1) is 0 Å². The monoisotopic (exact) mass is 366 g/mol. The fourth-order valence-electron chi connectivity index (χ4n) is 3.01. The Morgan fingerprint density at radius 2 is 1.89 bits per heavy atom. The molecule has 1 atom stereocenters. The van der Waals surface area contributed by atoms with Gasteiger partial charge in [0, 0.05) is 31.1 Å². The molecule has 3 aromatic rings. The Bertz CT molecular complexity index is 966. The molecule has 0 spiro atoms. The van der Waals surface area contributed by atoms with Gasteiger partial charge in [0.1, 0.15) is 6.04 Å². The summed E-state index contributed by atoms with van der Waals surface area (Å²) >= 11 is 0. The van der Waals surface area contributed by atoms with E-state index in [4.69, 9.17) is 0 Å². The fraction of sp³-hybridized carbons (Fsp3) is 0.300. The van der Waals surface area contributed by atoms with Crippen molar-refractivity contribution in [2.45, 2.75) is 32.4 Å². The second-order valence-electron chi connectivity index (χ2n) is 6.78. The summed E-state index contributed by atoms with van der Waals surface area (Å²) in [6.07, 6.45) is 3.38. The summed E-state index contributed by atoms with van der Waals surface area (Å²) in [6, 6.07) is 10.2. The topological polar surface area (TPSA) is 88.3 Å². The van der Waals surface area contributed by atoms with Crippen LogP contribution in [0.25, 0.3) is 11.0 Å². The van der Waals surface area contributed by atoms with Crippen molar-refractivity contribution in [2.75, 3.05) is 7.05 Å². The van der Waals surface area contributed by atoms with Gasteiger partial charge < -0.3 is 10.0 Å². The van der Waals surface area contributed by atoms with Gasteiger partial charge in [-0.25, -0.2) is 14.5 Å². The number of nitrogens with zero attached hydrogens (tertiary/aromatic N) is 4. The molecule has 0 aliphatic rings. The molecule has 2 aromatic heterocycles. The normalized spacial score (nSPS) is 12.3. The van der Waals surface area contributed by atoms with E-state index in [-0.39, 0.29) is 18.4 Å². The van der Waals surface area contributed by atoms with Gasteiger partial charge in [-0.3, -0.25) is 4.79 Å². The maximum Gasteiger partial charge on any atom is 0.326 e. The van der Waals surface area contributed by atoms with Gasteiger partial charge in [0.2, 0.25) is 0 Å². The van der Waals surface area contributed by atoms with E-state index < -0.39 is 12.0 Å². The van der Waals surface area contributed by atoms with Crippen molar-refractivity contribution in [3.8, 4) is 0 Å². The minimum atomic E-state index is -1.05. The highest BCUT2D eigenvalue weighted by atomic mass is 16.4. The summed E-state index contributed by atoms with van der Waals surface area (Å²) in [4.78, 5) is 30.2. The number of pyridine rings is 1. The Morgan fingerprint density at radius 1 is 1.19 bits per heavy atom. The molecule has 0 fully saturated rings. The quantitative estimate of drug-likeness (QED) is 0.725. The third-order valence-corrected chi connectivity index (χ3v) is 4.51. The lowest BCUT2D eigenvalue weighted by Crippen LogP contribution is -2.43. The number of rotatable bonds is 6. The lowest BCUT2D eigenvalue weighted by atomic mass is 10.0. The van der Waals surface area contributed by atoms with E-state index in [1.165, 1.54) is 18.1 Å². The molecule has 140 valence electrons. The van der Waals surface area contributed by atoms with Crippen LogP contribution in [0.5, 0.6) is 0 Å². The average Bonchev–Trinajstić information content (AvgIpc) is 3.09. The smallest absolute Gasteiger partial charge is 0.326 e. The molecule has 3 rings (SSSR count). The molecule has 2 heterocycles. The Labute approximate surface area is 157 Å². The van der Waals surface area contributed by atoms with Gasteiger partial charge in [0.15, 0.2) is 5.65 Å². The van der Waals surface area contributed by atoms with Crippen molar-refractivity contribution in [1.29, 1.82) is 0 Å². The SMILES string of the molecule is CC(C)n1ncc2cc(C(=O)N(C)C(Cc3ccccc3)C(=O)O)cnc21. The third kappa shape index (κ3) is 3.81. The average molecular weight is 366 g/mol. The van der Waals surface area contributed by atoms with Crippen molar-refractivity contribution >= 4 is 22.9 Å². The predicted octanol–water partition coefficient (Wildman–Crippen LogP) is 2.78. The van der Waals surface area contributed by atoms with Crippen molar-refractivity contribution in [1.82, 2.24) is 19.7 Å². The van der Waals surface area contributed by atoms with Gasteiger partial charge in [-0.1, -0.05) is 30.3 Å². The summed E-state index contributed by atoms with van der Waals surface area (Å²) in [6.45, 7) is 4.00. The summed E-state index contributed by atoms with van der Waals surface area (Å²) in [7, 11) is 1.51. The summed E-state index contributed by atoms with van der Waals surface area (Å²) in [5.74, 6) is -1.43. The highest BCUT2D eigenvalue weighted by Gasteiger charge is 2.28. The van der Waals surface area contributed by atoms with Crippen LogP contribution in [0.4, 0.5) is 0 Å². The number of likely N-dealkylation sites (N-methyl/N-ethyl adjacent to an activating group) is 1. The molecule has 1 aromatic carbocycles. The van der Waals surface area contributed by atoms with Gasteiger partial charge in [-0.05, 0) is 25.5 Å². The summed E-state index contributed by atoms with van der Waals surface area (Å²) < 4.78 is 1.78. The number of amides is 1. The van der Waals surface area contributed by atoms with Gasteiger partial charge in [0.05, 0.1) is 11.8 Å². The molecule has 7 nitrogen and oxygen atoms in total. The lowest BCUT2D eigenvalue weighted by molar-refractivity contribution is -0.141. The fourth-order valence-corrected chi connectivity index (χ4v) is 3.01. The molecule has 0 saturated carbocycles. The second kappa shape index (κ2) is 7.57. The summed E-state index contributed by atoms with van der Waals surface area (Å²) in [5.41, 5.74) is 1.90. The van der Waals surface area contributed by atoms with Crippen LogP contribution in [0.15, 0.2) is 48.8 Å². The number of aromatic nitrogens is 3. The minimum absolute atomic E-state index is 0.154. The Hall–Kier alpha value is -3.22. The van der Waals surface area contributed by atoms with E-state index in [1.807, 2.05) is 44.2 Å². The van der Waals surface area contributed by atoms with Crippen LogP contribution in [0.3, 0.4) is 0 Å². The first kappa shape index (κ1) is 18.6. The number of fused-ring (bicyclic) bond motifs is 1. The molecular formula is C20H22N4O3. The van der Waals surface area contributed by atoms with Crippen LogP contribution in [0.2, 0.25) is 0 Å². The number of carbonyl (C=O) groups excluding carboxylic acids is 1. The molecule has 0 aliphatic carbocycles. The summed E-state index contributed by atoms with van der Waals surface area (Å²) in [5, 5.41) is 14.7. The van der Waals surface area contributed by atoms with Crippen molar-refractivity contribution in [3.63, 3.8) is 0 Å². The Morgan fingerprint density at radius 3 is 2.52 bits per heavy atom. The van der Waals surface area contributed by atoms with Crippen LogP contribution in [0.1, 0.15) is 35.8 Å². The Balaban J connectivity index is 1.86. The van der Waals surface area contributed by atoms with Crippen molar-refractivity contribution < 1.29 is 14.7 Å². The zero-order valence-electron chi connectivity index (χ0n) is 15.5. The molecule has 0 aliphatic heterocycles. The van der Waals surface area contributed by atoms with E-state index in [1.54, 1.807) is 16.9 Å². The van der Waals surface area contributed by atoms with Crippen LogP contribution in [-0.4, -0.2) is 49.7 Å². The first-order chi connectivity index (χ1) is 12.9. The molecule has 0 radical (unpaired) electrons. The zero-order chi connectivity index (χ0) is 19.6. The minimum Gasteiger partial charge on any atom is -0.480 e. The second-order valence-corrected chi connectivity index (χ2v) is 6.78. The molecule has 7 heteroatoms. The number of benzene rings is 1. The zero-order valence-corrected chi connectivity index (χ0v) is 15.5. The van der Waals surface area contributed by atoms with Crippen molar-refractivity contribution in [3.05, 3.63) is 59.9 Å². The maximum atomic E-state index is 12.9. The first-order valence-electron chi connectivity index (χ1n) is 8.75. The Kier molecular flexibility index (Phi) is 5.21. The highest BCUT2D eigenvalue weighted by Crippen LogP contribution is 2.18. The molecule has 0 bridgehead atoms. The molecular weight excluding hydrogens is 344 g/mol. The van der Waals surface area contributed by atoms with Gasteiger partial charge >= 0.3 is 5.97 Å². The van der Waals surface area contributed by atoms with Crippen LogP contribution in [-0.2, 0) is 11.2 Å². The third-order valence-electron chi connectivity index (χ3n) is 4.51. The van der Waals surface area contributed by atoms with Crippen LogP contribution >= 0.6 is 0 Å². The van der Waals surface area contributed by atoms with E-state index in [9.17, 15) is 14.7 Å². The van der Waals surface area contributed by atoms with Gasteiger partial charge in [0.25, 0.3) is 5.91 Å². The van der Waals surface area contributed by atoms with Crippen LogP contribution < -0.4 is 0 Å². The lowest BCUT2D eigenvalue weighted by Gasteiger charge is -2.25. The van der Waals surface area contributed by atoms with E-state index >= 15 is 0 Å². The van der Waals surface area contributed by atoms with Gasteiger partial charge in [-0.15, -0.1) is 0 Å². The molecule has 1 amide bonds. The molecule has 0 saturated heterocycles. The molecule has 1 N–H and O–H groups in total. The van der Waals surface area contributed by atoms with E-state index in [2.05, 4.69) is 10.1 Å². The van der Waals surface area contributed by atoms with Gasteiger partial charge in [-0.2, -0.15) is 5.10 Å². The predicted molar refractivity (Wildman–Crippen MR) is 102 cm³/mol. The standard InChI is InChI=1S/C20H22N4O3/c1-13(2)24-18-15(12-22-24)10-16(11-21-18)19(25)23(3)17(20(26)27)9-14-7-5-4-6-8-14/h4-8,10-13,17H,9H2,1-3H3,(H,26,27). The number of aliphatic carboxylic acids is 1. The number of carbonyl (C=O) groups is 2. The van der Waals surface area contributed by atoms with Crippen molar-refractivity contribution in [2.24, 2.45) is 0 Å². The first-order valence-corrected chi connectivity index (χ1v) is 8.75. The number of hydrogen-bond acceptors (Lipinski definition) is 4. The van der Waals surface area contributed by atoms with E-state index in [0.717, 1.165) is 10.9 Å². The molecule has 1 unspecified atom stereocenters. The number of carboxylic acids is 1. The maximum absolute atomic E-state index is 12.9. The number of hydrogen-bond donors (Lipinski definition) is 1. The molecule has 27 heavy (non-hydrogen) atoms. The number of carboxylic acid groups (broad SMARTS) is 1.